The number of hydrogen-bond acceptors (Lipinski definition) is 2. The summed E-state index contributed by atoms with van der Waals surface area (Å²) in [6, 6.07) is 5.76. The molecule has 1 heterocycles. The van der Waals surface area contributed by atoms with E-state index in [9.17, 15) is 17.6 Å². The van der Waals surface area contributed by atoms with Crippen LogP contribution >= 0.6 is 11.6 Å². The van der Waals surface area contributed by atoms with Crippen molar-refractivity contribution >= 4 is 17.3 Å². The molecule has 0 fully saturated rings. The van der Waals surface area contributed by atoms with Gasteiger partial charge in [-0.25, -0.2) is 9.37 Å². The summed E-state index contributed by atoms with van der Waals surface area (Å²) in [5.41, 5.74) is 0.0999. The van der Waals surface area contributed by atoms with Gasteiger partial charge in [0.25, 0.3) is 0 Å². The molecule has 7 heteroatoms. The predicted octanol–water partition coefficient (Wildman–Crippen LogP) is 4.81. The molecule has 21 heavy (non-hydrogen) atoms. The molecule has 2 rings (SSSR count). The summed E-state index contributed by atoms with van der Waals surface area (Å²) in [7, 11) is 0. The number of anilines is 1. The van der Waals surface area contributed by atoms with Gasteiger partial charge in [-0.15, -0.1) is 0 Å². The van der Waals surface area contributed by atoms with Crippen molar-refractivity contribution in [3.05, 3.63) is 58.1 Å². The summed E-state index contributed by atoms with van der Waals surface area (Å²) >= 11 is 5.71. The van der Waals surface area contributed by atoms with Crippen molar-refractivity contribution in [2.75, 3.05) is 5.32 Å². The van der Waals surface area contributed by atoms with E-state index in [2.05, 4.69) is 10.3 Å². The lowest BCUT2D eigenvalue weighted by molar-refractivity contribution is -0.138. The zero-order chi connectivity index (χ0) is 15.6. The molecule has 0 aliphatic carbocycles. The van der Waals surface area contributed by atoms with Gasteiger partial charge in [-0.3, -0.25) is 0 Å². The molecule has 2 nitrogen and oxygen atoms in total. The number of aromatic nitrogens is 1. The number of rotatable bonds is 3. The molecule has 0 bridgehead atoms. The van der Waals surface area contributed by atoms with Gasteiger partial charge in [0.1, 0.15) is 11.0 Å². The quantitative estimate of drug-likeness (QED) is 0.648. The maximum Gasteiger partial charge on any atom is 0.416 e. The molecule has 0 amide bonds. The molecule has 0 atom stereocenters. The van der Waals surface area contributed by atoms with Gasteiger partial charge in [-0.2, -0.15) is 13.2 Å². The highest BCUT2D eigenvalue weighted by Crippen LogP contribution is 2.33. The van der Waals surface area contributed by atoms with Crippen LogP contribution in [0.25, 0.3) is 0 Å². The molecular weight excluding hydrogens is 308 g/mol. The first-order valence-electron chi connectivity index (χ1n) is 6.00. The molecule has 0 unspecified atom stereocenters. The van der Waals surface area contributed by atoms with Crippen LogP contribution in [-0.4, -0.2) is 4.98 Å². The Kier molecular flexibility index (Phi) is 4.37. The van der Waals surface area contributed by atoms with Gasteiger partial charge in [0.05, 0.1) is 16.9 Å². The van der Waals surface area contributed by atoms with E-state index in [1.165, 1.54) is 6.07 Å². The normalized spacial score (nSPS) is 11.5. The second-order valence-electron chi connectivity index (χ2n) is 4.42. The van der Waals surface area contributed by atoms with E-state index in [1.807, 2.05) is 0 Å². The van der Waals surface area contributed by atoms with Crippen molar-refractivity contribution < 1.29 is 17.6 Å². The molecule has 0 spiro atoms. The summed E-state index contributed by atoms with van der Waals surface area (Å²) in [4.78, 5) is 3.99. The van der Waals surface area contributed by atoms with Gasteiger partial charge in [0.15, 0.2) is 0 Å². The molecule has 1 N–H and O–H groups in total. The highest BCUT2D eigenvalue weighted by molar-refractivity contribution is 6.29. The van der Waals surface area contributed by atoms with E-state index in [4.69, 9.17) is 11.6 Å². The van der Waals surface area contributed by atoms with E-state index in [0.29, 0.717) is 22.6 Å². The van der Waals surface area contributed by atoms with Gasteiger partial charge < -0.3 is 5.32 Å². The van der Waals surface area contributed by atoms with Crippen molar-refractivity contribution in [2.24, 2.45) is 0 Å². The maximum atomic E-state index is 13.0. The lowest BCUT2D eigenvalue weighted by Gasteiger charge is -2.15. The first-order valence-corrected chi connectivity index (χ1v) is 6.38. The summed E-state index contributed by atoms with van der Waals surface area (Å²) < 4.78 is 51.6. The number of aryl methyl sites for hydroxylation is 1. The summed E-state index contributed by atoms with van der Waals surface area (Å²) in [5.74, 6) is -0.921. The van der Waals surface area contributed by atoms with Crippen LogP contribution < -0.4 is 5.32 Å². The third-order valence-corrected chi connectivity index (χ3v) is 3.11. The Morgan fingerprint density at radius 1 is 1.19 bits per heavy atom. The number of halogens is 5. The first kappa shape index (κ1) is 15.6. The third-order valence-electron chi connectivity index (χ3n) is 2.90. The minimum atomic E-state index is -4.60. The van der Waals surface area contributed by atoms with Crippen molar-refractivity contribution in [1.29, 1.82) is 0 Å². The van der Waals surface area contributed by atoms with E-state index in [0.717, 1.165) is 12.1 Å². The summed E-state index contributed by atoms with van der Waals surface area (Å²) in [6.07, 6.45) is -4.60. The number of nitrogens with zero attached hydrogens (tertiary/aromatic N) is 1. The lowest BCUT2D eigenvalue weighted by atomic mass is 10.1. The standard InChI is InChI=1S/C14H11ClF4N2/c1-8-12(4-5-13(15)21-8)20-7-9-2-3-10(16)6-11(9)14(17,18)19/h2-6,20H,7H2,1H3. The number of nitrogens with one attached hydrogen (secondary N) is 1. The van der Waals surface area contributed by atoms with Crippen LogP contribution in [0.5, 0.6) is 0 Å². The largest absolute Gasteiger partial charge is 0.416 e. The molecular formula is C14H11ClF4N2. The van der Waals surface area contributed by atoms with Crippen molar-refractivity contribution in [1.82, 2.24) is 4.98 Å². The van der Waals surface area contributed by atoms with Crippen LogP contribution in [0.1, 0.15) is 16.8 Å². The minimum Gasteiger partial charge on any atom is -0.379 e. The van der Waals surface area contributed by atoms with Crippen LogP contribution in [0, 0.1) is 12.7 Å². The Balaban J connectivity index is 2.24. The van der Waals surface area contributed by atoms with Crippen molar-refractivity contribution in [3.8, 4) is 0 Å². The highest BCUT2D eigenvalue weighted by atomic mass is 35.5. The Bertz CT molecular complexity index is 656. The fourth-order valence-corrected chi connectivity index (χ4v) is 2.06. The Labute approximate surface area is 123 Å². The van der Waals surface area contributed by atoms with Crippen LogP contribution in [0.3, 0.4) is 0 Å². The van der Waals surface area contributed by atoms with E-state index >= 15 is 0 Å². The molecule has 2 aromatic rings. The lowest BCUT2D eigenvalue weighted by Crippen LogP contribution is -2.12. The highest BCUT2D eigenvalue weighted by Gasteiger charge is 2.33. The fraction of sp³-hybridized carbons (Fsp3) is 0.214. The Morgan fingerprint density at radius 2 is 1.90 bits per heavy atom. The monoisotopic (exact) mass is 318 g/mol. The molecule has 0 radical (unpaired) electrons. The Hall–Kier alpha value is -1.82. The average Bonchev–Trinajstić information content (AvgIpc) is 2.38. The SMILES string of the molecule is Cc1nc(Cl)ccc1NCc1ccc(F)cc1C(F)(F)F. The second-order valence-corrected chi connectivity index (χ2v) is 4.81. The fourth-order valence-electron chi connectivity index (χ4n) is 1.87. The molecule has 0 saturated carbocycles. The maximum absolute atomic E-state index is 13.0. The van der Waals surface area contributed by atoms with Crippen LogP contribution in [0.4, 0.5) is 23.2 Å². The molecule has 0 saturated heterocycles. The van der Waals surface area contributed by atoms with Gasteiger partial charge >= 0.3 is 6.18 Å². The topological polar surface area (TPSA) is 24.9 Å². The van der Waals surface area contributed by atoms with Crippen LogP contribution in [0.2, 0.25) is 5.15 Å². The zero-order valence-corrected chi connectivity index (χ0v) is 11.7. The average molecular weight is 319 g/mol. The molecule has 1 aromatic heterocycles. The predicted molar refractivity (Wildman–Crippen MR) is 72.7 cm³/mol. The summed E-state index contributed by atoms with van der Waals surface area (Å²) in [5, 5.41) is 3.15. The number of hydrogen-bond donors (Lipinski definition) is 1. The van der Waals surface area contributed by atoms with Crippen molar-refractivity contribution in [3.63, 3.8) is 0 Å². The third kappa shape index (κ3) is 3.85. The molecule has 0 aliphatic heterocycles. The van der Waals surface area contributed by atoms with Gasteiger partial charge in [-0.1, -0.05) is 17.7 Å². The zero-order valence-electron chi connectivity index (χ0n) is 10.9. The number of benzene rings is 1. The van der Waals surface area contributed by atoms with E-state index < -0.39 is 17.6 Å². The Morgan fingerprint density at radius 3 is 2.52 bits per heavy atom. The minimum absolute atomic E-state index is 0.0433. The van der Waals surface area contributed by atoms with Gasteiger partial charge in [0, 0.05) is 6.54 Å². The molecule has 112 valence electrons. The van der Waals surface area contributed by atoms with Crippen LogP contribution in [-0.2, 0) is 12.7 Å². The second kappa shape index (κ2) is 5.89. The van der Waals surface area contributed by atoms with E-state index in [1.54, 1.807) is 13.0 Å². The molecule has 0 aliphatic rings. The van der Waals surface area contributed by atoms with Crippen LogP contribution in [0.15, 0.2) is 30.3 Å². The number of pyridine rings is 1. The van der Waals surface area contributed by atoms with E-state index in [-0.39, 0.29) is 12.1 Å². The number of alkyl halides is 3. The van der Waals surface area contributed by atoms with Gasteiger partial charge in [0.2, 0.25) is 0 Å². The van der Waals surface area contributed by atoms with Crippen molar-refractivity contribution in [2.45, 2.75) is 19.6 Å². The smallest absolute Gasteiger partial charge is 0.379 e. The summed E-state index contributed by atoms with van der Waals surface area (Å²) in [6.45, 7) is 1.59. The van der Waals surface area contributed by atoms with Gasteiger partial charge in [-0.05, 0) is 36.8 Å². The first-order chi connectivity index (χ1) is 9.77. The molecule has 1 aromatic carbocycles.